The Bertz CT molecular complexity index is 443. The van der Waals surface area contributed by atoms with Gasteiger partial charge in [0.05, 0.1) is 7.11 Å². The molecule has 2 heteroatoms. The van der Waals surface area contributed by atoms with Crippen molar-refractivity contribution in [1.29, 1.82) is 0 Å². The molecular weight excluding hydrogens is 234 g/mol. The zero-order valence-corrected chi connectivity index (χ0v) is 12.1. The van der Waals surface area contributed by atoms with Crippen molar-refractivity contribution in [2.45, 2.75) is 45.1 Å². The summed E-state index contributed by atoms with van der Waals surface area (Å²) in [5.74, 6) is 2.95. The van der Waals surface area contributed by atoms with Crippen LogP contribution in [-0.4, -0.2) is 19.7 Å². The molecule has 0 bridgehead atoms. The van der Waals surface area contributed by atoms with Crippen LogP contribution in [0.4, 0.5) is 0 Å². The molecule has 1 aromatic carbocycles. The average molecular weight is 259 g/mol. The van der Waals surface area contributed by atoms with Crippen LogP contribution in [0.2, 0.25) is 0 Å². The molecular formula is C17H25NO. The van der Waals surface area contributed by atoms with E-state index in [0.717, 1.165) is 30.0 Å². The maximum Gasteiger partial charge on any atom is 0.122 e. The average Bonchev–Trinajstić information content (AvgIpc) is 3.00. The minimum atomic E-state index is 0.734. The highest BCUT2D eigenvalue weighted by Gasteiger charge is 2.38. The molecule has 2 aliphatic rings. The lowest BCUT2D eigenvalue weighted by atomic mass is 9.90. The summed E-state index contributed by atoms with van der Waals surface area (Å²) in [6.45, 7) is 3.41. The lowest BCUT2D eigenvalue weighted by Gasteiger charge is -2.19. The van der Waals surface area contributed by atoms with E-state index in [2.05, 4.69) is 30.4 Å². The quantitative estimate of drug-likeness (QED) is 0.895. The number of methoxy groups -OCH3 is 1. The second-order valence-corrected chi connectivity index (χ2v) is 6.22. The molecule has 1 aromatic rings. The number of hydrogen-bond acceptors (Lipinski definition) is 2. The Morgan fingerprint density at radius 2 is 2.21 bits per heavy atom. The first-order valence-corrected chi connectivity index (χ1v) is 7.65. The molecule has 2 nitrogen and oxygen atoms in total. The van der Waals surface area contributed by atoms with Crippen LogP contribution in [0.3, 0.4) is 0 Å². The van der Waals surface area contributed by atoms with Crippen LogP contribution in [0.1, 0.15) is 36.8 Å². The monoisotopic (exact) mass is 259 g/mol. The van der Waals surface area contributed by atoms with E-state index in [1.165, 1.54) is 43.4 Å². The molecule has 3 unspecified atom stereocenters. The van der Waals surface area contributed by atoms with E-state index in [9.17, 15) is 0 Å². The van der Waals surface area contributed by atoms with Crippen LogP contribution >= 0.6 is 0 Å². The van der Waals surface area contributed by atoms with E-state index in [-0.39, 0.29) is 0 Å². The molecule has 1 aliphatic heterocycles. The van der Waals surface area contributed by atoms with E-state index in [1.54, 1.807) is 7.11 Å². The van der Waals surface area contributed by atoms with Crippen LogP contribution in [0.5, 0.6) is 5.75 Å². The summed E-state index contributed by atoms with van der Waals surface area (Å²) in [4.78, 5) is 0. The zero-order valence-electron chi connectivity index (χ0n) is 12.1. The van der Waals surface area contributed by atoms with Gasteiger partial charge in [-0.25, -0.2) is 0 Å². The van der Waals surface area contributed by atoms with Gasteiger partial charge in [-0.05, 0) is 62.6 Å². The van der Waals surface area contributed by atoms with Gasteiger partial charge in [-0.3, -0.25) is 0 Å². The van der Waals surface area contributed by atoms with E-state index >= 15 is 0 Å². The van der Waals surface area contributed by atoms with Crippen molar-refractivity contribution in [2.75, 3.05) is 13.7 Å². The highest BCUT2D eigenvalue weighted by Crippen LogP contribution is 2.39. The van der Waals surface area contributed by atoms with Crippen LogP contribution in [-0.2, 0) is 6.42 Å². The van der Waals surface area contributed by atoms with Crippen molar-refractivity contribution in [3.8, 4) is 5.75 Å². The summed E-state index contributed by atoms with van der Waals surface area (Å²) in [6, 6.07) is 7.24. The van der Waals surface area contributed by atoms with Crippen molar-refractivity contribution in [1.82, 2.24) is 5.32 Å². The van der Waals surface area contributed by atoms with E-state index in [4.69, 9.17) is 4.74 Å². The van der Waals surface area contributed by atoms with Crippen molar-refractivity contribution >= 4 is 0 Å². The SMILES string of the molecule is COc1ccc(C)cc1CCC1NCC2CCCC21. The van der Waals surface area contributed by atoms with Gasteiger partial charge in [0, 0.05) is 6.04 Å². The summed E-state index contributed by atoms with van der Waals surface area (Å²) in [5.41, 5.74) is 2.69. The maximum atomic E-state index is 5.48. The number of nitrogens with one attached hydrogen (secondary N) is 1. The van der Waals surface area contributed by atoms with Gasteiger partial charge >= 0.3 is 0 Å². The predicted molar refractivity (Wildman–Crippen MR) is 78.7 cm³/mol. The fourth-order valence-corrected chi connectivity index (χ4v) is 4.03. The minimum Gasteiger partial charge on any atom is -0.496 e. The van der Waals surface area contributed by atoms with Gasteiger partial charge in [0.2, 0.25) is 0 Å². The Labute approximate surface area is 116 Å². The van der Waals surface area contributed by atoms with Gasteiger partial charge in [-0.2, -0.15) is 0 Å². The number of benzene rings is 1. The molecule has 0 spiro atoms. The molecule has 1 heterocycles. The standard InChI is InChI=1S/C17H25NO/c1-12-6-9-17(19-2)13(10-12)7-8-16-15-5-3-4-14(15)11-18-16/h6,9-10,14-16,18H,3-5,7-8,11H2,1-2H3. The third-order valence-electron chi connectivity index (χ3n) is 5.04. The minimum absolute atomic E-state index is 0.734. The molecule has 0 radical (unpaired) electrons. The van der Waals surface area contributed by atoms with Gasteiger partial charge in [-0.1, -0.05) is 24.1 Å². The summed E-state index contributed by atoms with van der Waals surface area (Å²) < 4.78 is 5.48. The topological polar surface area (TPSA) is 21.3 Å². The molecule has 2 fully saturated rings. The van der Waals surface area contributed by atoms with Gasteiger partial charge in [-0.15, -0.1) is 0 Å². The fourth-order valence-electron chi connectivity index (χ4n) is 4.03. The van der Waals surface area contributed by atoms with Crippen molar-refractivity contribution < 1.29 is 4.74 Å². The number of aryl methyl sites for hydroxylation is 2. The lowest BCUT2D eigenvalue weighted by Crippen LogP contribution is -2.27. The van der Waals surface area contributed by atoms with E-state index in [0.29, 0.717) is 0 Å². The van der Waals surface area contributed by atoms with Crippen molar-refractivity contribution in [2.24, 2.45) is 11.8 Å². The highest BCUT2D eigenvalue weighted by atomic mass is 16.5. The van der Waals surface area contributed by atoms with Crippen molar-refractivity contribution in [3.63, 3.8) is 0 Å². The molecule has 3 atom stereocenters. The van der Waals surface area contributed by atoms with Crippen LogP contribution in [0.15, 0.2) is 18.2 Å². The maximum absolute atomic E-state index is 5.48. The Morgan fingerprint density at radius 3 is 3.05 bits per heavy atom. The van der Waals surface area contributed by atoms with Gasteiger partial charge in [0.15, 0.2) is 0 Å². The van der Waals surface area contributed by atoms with Gasteiger partial charge < -0.3 is 10.1 Å². The largest absolute Gasteiger partial charge is 0.496 e. The molecule has 1 N–H and O–H groups in total. The summed E-state index contributed by atoms with van der Waals surface area (Å²) in [6.07, 6.45) is 6.71. The number of fused-ring (bicyclic) bond motifs is 1. The molecule has 0 amide bonds. The molecule has 19 heavy (non-hydrogen) atoms. The Balaban J connectivity index is 1.64. The van der Waals surface area contributed by atoms with Crippen LogP contribution in [0.25, 0.3) is 0 Å². The first-order chi connectivity index (χ1) is 9.28. The number of hydrogen-bond donors (Lipinski definition) is 1. The van der Waals surface area contributed by atoms with Crippen LogP contribution in [0, 0.1) is 18.8 Å². The zero-order chi connectivity index (χ0) is 13.2. The second-order valence-electron chi connectivity index (χ2n) is 6.22. The first-order valence-electron chi connectivity index (χ1n) is 7.65. The normalized spacial score (nSPS) is 29.5. The summed E-state index contributed by atoms with van der Waals surface area (Å²) in [7, 11) is 1.77. The molecule has 1 saturated carbocycles. The van der Waals surface area contributed by atoms with Gasteiger partial charge in [0.1, 0.15) is 5.75 Å². The predicted octanol–water partition coefficient (Wildman–Crippen LogP) is 3.32. The molecule has 1 saturated heterocycles. The van der Waals surface area contributed by atoms with Gasteiger partial charge in [0.25, 0.3) is 0 Å². The first kappa shape index (κ1) is 13.0. The second kappa shape index (κ2) is 5.54. The molecule has 104 valence electrons. The fraction of sp³-hybridized carbons (Fsp3) is 0.647. The third kappa shape index (κ3) is 2.64. The van der Waals surface area contributed by atoms with E-state index < -0.39 is 0 Å². The molecule has 0 aromatic heterocycles. The summed E-state index contributed by atoms with van der Waals surface area (Å²) in [5, 5.41) is 3.74. The summed E-state index contributed by atoms with van der Waals surface area (Å²) >= 11 is 0. The highest BCUT2D eigenvalue weighted by molar-refractivity contribution is 5.37. The van der Waals surface area contributed by atoms with Crippen molar-refractivity contribution in [3.05, 3.63) is 29.3 Å². The Morgan fingerprint density at radius 1 is 1.32 bits per heavy atom. The number of ether oxygens (including phenoxy) is 1. The number of rotatable bonds is 4. The molecule has 3 rings (SSSR count). The smallest absolute Gasteiger partial charge is 0.122 e. The Hall–Kier alpha value is -1.02. The lowest BCUT2D eigenvalue weighted by molar-refractivity contribution is 0.385. The third-order valence-corrected chi connectivity index (χ3v) is 5.04. The van der Waals surface area contributed by atoms with Crippen LogP contribution < -0.4 is 10.1 Å². The Kier molecular flexibility index (Phi) is 3.79. The van der Waals surface area contributed by atoms with E-state index in [1.807, 2.05) is 0 Å². The molecule has 1 aliphatic carbocycles.